The molecule has 1 aromatic carbocycles. The SMILES string of the molecule is CCCNCC(C)(C)CN(CC)c1cccc(C)c1. The van der Waals surface area contributed by atoms with Crippen molar-refractivity contribution in [2.75, 3.05) is 31.1 Å². The molecule has 0 aromatic heterocycles. The van der Waals surface area contributed by atoms with Crippen LogP contribution in [0.25, 0.3) is 0 Å². The molecule has 2 nitrogen and oxygen atoms in total. The van der Waals surface area contributed by atoms with Crippen molar-refractivity contribution in [1.82, 2.24) is 5.32 Å². The van der Waals surface area contributed by atoms with E-state index >= 15 is 0 Å². The smallest absolute Gasteiger partial charge is 0.0368 e. The number of anilines is 1. The number of aryl methyl sites for hydroxylation is 1. The minimum atomic E-state index is 0.287. The Kier molecular flexibility index (Phi) is 6.36. The molecule has 0 saturated heterocycles. The molecule has 0 spiro atoms. The molecule has 0 atom stereocenters. The highest BCUT2D eigenvalue weighted by Gasteiger charge is 2.21. The van der Waals surface area contributed by atoms with Gasteiger partial charge in [-0.15, -0.1) is 0 Å². The summed E-state index contributed by atoms with van der Waals surface area (Å²) in [5.41, 5.74) is 2.96. The molecule has 0 aliphatic carbocycles. The molecule has 0 aliphatic heterocycles. The van der Waals surface area contributed by atoms with Crippen molar-refractivity contribution >= 4 is 5.69 Å². The van der Waals surface area contributed by atoms with Gasteiger partial charge in [0.05, 0.1) is 0 Å². The van der Waals surface area contributed by atoms with E-state index in [4.69, 9.17) is 0 Å². The molecule has 0 bridgehead atoms. The molecule has 0 amide bonds. The average molecular weight is 262 g/mol. The lowest BCUT2D eigenvalue weighted by Gasteiger charge is -2.34. The molecule has 0 heterocycles. The fraction of sp³-hybridized carbons (Fsp3) is 0.647. The maximum atomic E-state index is 3.54. The van der Waals surface area contributed by atoms with Crippen LogP contribution in [-0.2, 0) is 0 Å². The first-order valence-electron chi connectivity index (χ1n) is 7.51. The van der Waals surface area contributed by atoms with E-state index in [1.54, 1.807) is 0 Å². The summed E-state index contributed by atoms with van der Waals surface area (Å²) in [5, 5.41) is 3.54. The third kappa shape index (κ3) is 5.65. The van der Waals surface area contributed by atoms with E-state index < -0.39 is 0 Å². The van der Waals surface area contributed by atoms with Crippen LogP contribution >= 0.6 is 0 Å². The molecule has 2 heteroatoms. The Bertz CT molecular complexity index is 371. The van der Waals surface area contributed by atoms with E-state index in [0.29, 0.717) is 0 Å². The predicted molar refractivity (Wildman–Crippen MR) is 86.0 cm³/mol. The fourth-order valence-corrected chi connectivity index (χ4v) is 2.39. The van der Waals surface area contributed by atoms with Crippen molar-refractivity contribution in [1.29, 1.82) is 0 Å². The van der Waals surface area contributed by atoms with E-state index in [-0.39, 0.29) is 5.41 Å². The molecule has 0 radical (unpaired) electrons. The van der Waals surface area contributed by atoms with Crippen LogP contribution in [0.15, 0.2) is 24.3 Å². The highest BCUT2D eigenvalue weighted by molar-refractivity contribution is 5.48. The van der Waals surface area contributed by atoms with Crippen LogP contribution in [0.5, 0.6) is 0 Å². The monoisotopic (exact) mass is 262 g/mol. The summed E-state index contributed by atoms with van der Waals surface area (Å²) < 4.78 is 0. The Morgan fingerprint density at radius 2 is 1.95 bits per heavy atom. The number of nitrogens with one attached hydrogen (secondary N) is 1. The molecular weight excluding hydrogens is 232 g/mol. The molecule has 0 fully saturated rings. The summed E-state index contributed by atoms with van der Waals surface area (Å²) in [5.74, 6) is 0. The molecular formula is C17H30N2. The Morgan fingerprint density at radius 1 is 1.21 bits per heavy atom. The third-order valence-electron chi connectivity index (χ3n) is 3.40. The van der Waals surface area contributed by atoms with E-state index in [1.165, 1.54) is 17.7 Å². The van der Waals surface area contributed by atoms with E-state index in [2.05, 4.69) is 69.1 Å². The minimum absolute atomic E-state index is 0.287. The van der Waals surface area contributed by atoms with Crippen LogP contribution in [0.3, 0.4) is 0 Å². The van der Waals surface area contributed by atoms with Crippen LogP contribution < -0.4 is 10.2 Å². The first kappa shape index (κ1) is 16.0. The topological polar surface area (TPSA) is 15.3 Å². The van der Waals surface area contributed by atoms with Gasteiger partial charge >= 0.3 is 0 Å². The van der Waals surface area contributed by atoms with Crippen molar-refractivity contribution < 1.29 is 0 Å². The zero-order valence-corrected chi connectivity index (χ0v) is 13.3. The summed E-state index contributed by atoms with van der Waals surface area (Å²) in [6.45, 7) is 15.6. The normalized spacial score (nSPS) is 11.6. The van der Waals surface area contributed by atoms with Crippen LogP contribution in [-0.4, -0.2) is 26.2 Å². The maximum absolute atomic E-state index is 3.54. The average Bonchev–Trinajstić information content (AvgIpc) is 2.36. The molecule has 0 saturated carbocycles. The van der Waals surface area contributed by atoms with Gasteiger partial charge in [0, 0.05) is 25.3 Å². The van der Waals surface area contributed by atoms with Gasteiger partial charge in [-0.05, 0) is 49.9 Å². The van der Waals surface area contributed by atoms with Gasteiger partial charge in [0.15, 0.2) is 0 Å². The zero-order chi connectivity index (χ0) is 14.3. The summed E-state index contributed by atoms with van der Waals surface area (Å²) in [6.07, 6.45) is 1.20. The molecule has 19 heavy (non-hydrogen) atoms. The van der Waals surface area contributed by atoms with Gasteiger partial charge in [0.25, 0.3) is 0 Å². The second-order valence-electron chi connectivity index (χ2n) is 6.19. The van der Waals surface area contributed by atoms with Gasteiger partial charge in [-0.25, -0.2) is 0 Å². The van der Waals surface area contributed by atoms with Gasteiger partial charge < -0.3 is 10.2 Å². The number of hydrogen-bond donors (Lipinski definition) is 1. The van der Waals surface area contributed by atoms with Crippen LogP contribution in [0.4, 0.5) is 5.69 Å². The van der Waals surface area contributed by atoms with Crippen molar-refractivity contribution in [3.63, 3.8) is 0 Å². The van der Waals surface area contributed by atoms with Gasteiger partial charge in [0.2, 0.25) is 0 Å². The Hall–Kier alpha value is -1.02. The largest absolute Gasteiger partial charge is 0.371 e. The second-order valence-corrected chi connectivity index (χ2v) is 6.19. The van der Waals surface area contributed by atoms with Crippen LogP contribution in [0.1, 0.15) is 39.7 Å². The number of rotatable bonds is 8. The zero-order valence-electron chi connectivity index (χ0n) is 13.3. The lowest BCUT2D eigenvalue weighted by Crippen LogP contribution is -2.40. The lowest BCUT2D eigenvalue weighted by atomic mass is 9.92. The standard InChI is InChI=1S/C17H30N2/c1-6-11-18-13-17(4,5)14-19(7-2)16-10-8-9-15(3)12-16/h8-10,12,18H,6-7,11,13-14H2,1-5H3. The lowest BCUT2D eigenvalue weighted by molar-refractivity contribution is 0.343. The van der Waals surface area contributed by atoms with Crippen molar-refractivity contribution in [2.24, 2.45) is 5.41 Å². The summed E-state index contributed by atoms with van der Waals surface area (Å²) in [4.78, 5) is 2.47. The van der Waals surface area contributed by atoms with Crippen molar-refractivity contribution in [3.8, 4) is 0 Å². The van der Waals surface area contributed by atoms with Crippen LogP contribution in [0.2, 0.25) is 0 Å². The maximum Gasteiger partial charge on any atom is 0.0368 e. The molecule has 1 aromatic rings. The quantitative estimate of drug-likeness (QED) is 0.716. The minimum Gasteiger partial charge on any atom is -0.371 e. The van der Waals surface area contributed by atoms with Gasteiger partial charge in [-0.3, -0.25) is 0 Å². The van der Waals surface area contributed by atoms with E-state index in [1.807, 2.05) is 0 Å². The first-order valence-corrected chi connectivity index (χ1v) is 7.51. The molecule has 0 aliphatic rings. The van der Waals surface area contributed by atoms with Gasteiger partial charge in [0.1, 0.15) is 0 Å². The molecule has 1 N–H and O–H groups in total. The van der Waals surface area contributed by atoms with Gasteiger partial charge in [-0.2, -0.15) is 0 Å². The first-order chi connectivity index (χ1) is 8.98. The Labute approximate surface area is 119 Å². The molecule has 0 unspecified atom stereocenters. The molecule has 108 valence electrons. The Balaban J connectivity index is 2.65. The summed E-state index contributed by atoms with van der Waals surface area (Å²) >= 11 is 0. The van der Waals surface area contributed by atoms with E-state index in [0.717, 1.165) is 26.2 Å². The summed E-state index contributed by atoms with van der Waals surface area (Å²) in [6, 6.07) is 8.80. The Morgan fingerprint density at radius 3 is 2.53 bits per heavy atom. The summed E-state index contributed by atoms with van der Waals surface area (Å²) in [7, 11) is 0. The van der Waals surface area contributed by atoms with Crippen molar-refractivity contribution in [3.05, 3.63) is 29.8 Å². The molecule has 1 rings (SSSR count). The van der Waals surface area contributed by atoms with Crippen molar-refractivity contribution in [2.45, 2.75) is 41.0 Å². The number of benzene rings is 1. The highest BCUT2D eigenvalue weighted by atomic mass is 15.1. The highest BCUT2D eigenvalue weighted by Crippen LogP contribution is 2.22. The third-order valence-corrected chi connectivity index (χ3v) is 3.40. The van der Waals surface area contributed by atoms with Gasteiger partial charge in [-0.1, -0.05) is 32.9 Å². The number of nitrogens with zero attached hydrogens (tertiary/aromatic N) is 1. The second kappa shape index (κ2) is 7.54. The number of hydrogen-bond acceptors (Lipinski definition) is 2. The predicted octanol–water partition coefficient (Wildman–Crippen LogP) is 3.85. The fourth-order valence-electron chi connectivity index (χ4n) is 2.39. The van der Waals surface area contributed by atoms with Crippen LogP contribution in [0, 0.1) is 12.3 Å². The van der Waals surface area contributed by atoms with E-state index in [9.17, 15) is 0 Å².